The van der Waals surface area contributed by atoms with Crippen LogP contribution in [0.2, 0.25) is 5.02 Å². The molecule has 28 heavy (non-hydrogen) atoms. The van der Waals surface area contributed by atoms with E-state index in [1.54, 1.807) is 18.2 Å². The van der Waals surface area contributed by atoms with Crippen LogP contribution >= 0.6 is 11.6 Å². The number of nitrogens with one attached hydrogen (secondary N) is 1. The van der Waals surface area contributed by atoms with Crippen molar-refractivity contribution in [3.05, 3.63) is 76.8 Å². The second-order valence-corrected chi connectivity index (χ2v) is 6.43. The first-order chi connectivity index (χ1) is 13.2. The maximum atomic E-state index is 13.0. The van der Waals surface area contributed by atoms with E-state index < -0.39 is 22.8 Å². The van der Waals surface area contributed by atoms with Gasteiger partial charge in [0.1, 0.15) is 18.0 Å². The van der Waals surface area contributed by atoms with Crippen molar-refractivity contribution in [2.24, 2.45) is 5.73 Å². The molecule has 0 aliphatic carbocycles. The van der Waals surface area contributed by atoms with Gasteiger partial charge in [0.2, 0.25) is 0 Å². The monoisotopic (exact) mass is 410 g/mol. The highest BCUT2D eigenvalue weighted by atomic mass is 35.5. The summed E-state index contributed by atoms with van der Waals surface area (Å²) in [5, 5.41) is 2.63. The van der Waals surface area contributed by atoms with Gasteiger partial charge in [-0.2, -0.15) is 13.2 Å². The molecule has 0 aliphatic heterocycles. The molecule has 146 valence electrons. The van der Waals surface area contributed by atoms with Crippen LogP contribution in [0.4, 0.5) is 23.4 Å². The SMILES string of the molecule is N[C@H](CNc1cc(-c2ccc(C(F)(F)F)c(Cl)c2)ncn1)c1ccc(F)cc1. The van der Waals surface area contributed by atoms with Gasteiger partial charge in [0.15, 0.2) is 0 Å². The van der Waals surface area contributed by atoms with E-state index in [-0.39, 0.29) is 5.82 Å². The summed E-state index contributed by atoms with van der Waals surface area (Å²) in [5.41, 5.74) is 6.74. The van der Waals surface area contributed by atoms with Crippen LogP contribution in [-0.2, 0) is 6.18 Å². The van der Waals surface area contributed by atoms with E-state index in [2.05, 4.69) is 15.3 Å². The first kappa shape index (κ1) is 20.0. The van der Waals surface area contributed by atoms with Gasteiger partial charge in [-0.3, -0.25) is 0 Å². The van der Waals surface area contributed by atoms with Crippen molar-refractivity contribution in [3.63, 3.8) is 0 Å². The predicted octanol–water partition coefficient (Wildman–Crippen LogP) is 5.07. The number of nitrogens with two attached hydrogens (primary N) is 1. The van der Waals surface area contributed by atoms with Gasteiger partial charge in [-0.1, -0.05) is 29.8 Å². The Kier molecular flexibility index (Phi) is 5.81. The second-order valence-electron chi connectivity index (χ2n) is 6.02. The summed E-state index contributed by atoms with van der Waals surface area (Å²) in [7, 11) is 0. The van der Waals surface area contributed by atoms with Crippen molar-refractivity contribution in [1.29, 1.82) is 0 Å². The van der Waals surface area contributed by atoms with Gasteiger partial charge in [0.25, 0.3) is 0 Å². The third kappa shape index (κ3) is 4.76. The van der Waals surface area contributed by atoms with Crippen molar-refractivity contribution in [1.82, 2.24) is 9.97 Å². The molecular weight excluding hydrogens is 396 g/mol. The summed E-state index contributed by atoms with van der Waals surface area (Å²) in [4.78, 5) is 8.15. The van der Waals surface area contributed by atoms with Gasteiger partial charge in [-0.25, -0.2) is 14.4 Å². The van der Waals surface area contributed by atoms with Crippen LogP contribution < -0.4 is 11.1 Å². The molecule has 3 N–H and O–H groups in total. The second kappa shape index (κ2) is 8.12. The molecule has 0 bridgehead atoms. The van der Waals surface area contributed by atoms with Crippen LogP contribution in [0.5, 0.6) is 0 Å². The van der Waals surface area contributed by atoms with Gasteiger partial charge in [0, 0.05) is 24.2 Å². The van der Waals surface area contributed by atoms with Crippen LogP contribution in [0.25, 0.3) is 11.3 Å². The van der Waals surface area contributed by atoms with E-state index in [4.69, 9.17) is 17.3 Å². The third-order valence-electron chi connectivity index (χ3n) is 4.04. The molecule has 9 heteroatoms. The lowest BCUT2D eigenvalue weighted by atomic mass is 10.1. The zero-order chi connectivity index (χ0) is 20.3. The van der Waals surface area contributed by atoms with E-state index in [1.807, 2.05) is 0 Å². The van der Waals surface area contributed by atoms with Crippen molar-refractivity contribution >= 4 is 17.4 Å². The number of hydrogen-bond donors (Lipinski definition) is 2. The molecule has 3 aromatic rings. The molecule has 0 amide bonds. The van der Waals surface area contributed by atoms with Crippen LogP contribution in [0.15, 0.2) is 54.9 Å². The molecular formula is C19H15ClF4N4. The van der Waals surface area contributed by atoms with E-state index in [1.165, 1.54) is 30.6 Å². The number of anilines is 1. The molecule has 0 unspecified atom stereocenters. The average molecular weight is 411 g/mol. The first-order valence-corrected chi connectivity index (χ1v) is 8.56. The van der Waals surface area contributed by atoms with Gasteiger partial charge in [-0.15, -0.1) is 0 Å². The number of aromatic nitrogens is 2. The molecule has 0 radical (unpaired) electrons. The van der Waals surface area contributed by atoms with E-state index in [9.17, 15) is 17.6 Å². The number of rotatable bonds is 5. The summed E-state index contributed by atoms with van der Waals surface area (Å²) < 4.78 is 51.5. The fourth-order valence-corrected chi connectivity index (χ4v) is 2.85. The zero-order valence-corrected chi connectivity index (χ0v) is 15.1. The van der Waals surface area contributed by atoms with Gasteiger partial charge in [-0.05, 0) is 29.8 Å². The Morgan fingerprint density at radius 2 is 1.75 bits per heavy atom. The van der Waals surface area contributed by atoms with Crippen LogP contribution in [0.1, 0.15) is 17.2 Å². The lowest BCUT2D eigenvalue weighted by Gasteiger charge is -2.14. The lowest BCUT2D eigenvalue weighted by molar-refractivity contribution is -0.137. The molecule has 1 heterocycles. The smallest absolute Gasteiger partial charge is 0.368 e. The average Bonchev–Trinajstić information content (AvgIpc) is 2.66. The molecule has 3 rings (SSSR count). The number of halogens is 5. The van der Waals surface area contributed by atoms with Crippen LogP contribution in [0, 0.1) is 5.82 Å². The van der Waals surface area contributed by atoms with E-state index in [0.29, 0.717) is 23.6 Å². The summed E-state index contributed by atoms with van der Waals surface area (Å²) >= 11 is 5.76. The predicted molar refractivity (Wildman–Crippen MR) is 99.3 cm³/mol. The zero-order valence-electron chi connectivity index (χ0n) is 14.3. The standard InChI is InChI=1S/C19H15ClF4N4/c20-15-7-12(3-6-14(15)19(22,23)24)17-8-18(28-10-27-17)26-9-16(25)11-1-4-13(21)5-2-11/h1-8,10,16H,9,25H2,(H,26,27,28)/t16-/m1/s1. The number of alkyl halides is 3. The van der Waals surface area contributed by atoms with E-state index in [0.717, 1.165) is 11.6 Å². The summed E-state index contributed by atoms with van der Waals surface area (Å²) in [6, 6.07) is 10.4. The minimum Gasteiger partial charge on any atom is -0.368 e. The fourth-order valence-electron chi connectivity index (χ4n) is 2.56. The third-order valence-corrected chi connectivity index (χ3v) is 4.35. The molecule has 0 fully saturated rings. The molecule has 0 saturated heterocycles. The van der Waals surface area contributed by atoms with E-state index >= 15 is 0 Å². The normalized spacial score (nSPS) is 12.6. The molecule has 0 aliphatic rings. The Labute approximate surface area is 163 Å². The number of hydrogen-bond acceptors (Lipinski definition) is 4. The Hall–Kier alpha value is -2.71. The quantitative estimate of drug-likeness (QED) is 0.577. The maximum absolute atomic E-state index is 13.0. The Bertz CT molecular complexity index is 961. The molecule has 0 saturated carbocycles. The minimum atomic E-state index is -4.52. The van der Waals surface area contributed by atoms with Gasteiger partial charge in [0.05, 0.1) is 16.3 Å². The lowest BCUT2D eigenvalue weighted by Crippen LogP contribution is -2.21. The van der Waals surface area contributed by atoms with Gasteiger partial charge < -0.3 is 11.1 Å². The highest BCUT2D eigenvalue weighted by Crippen LogP contribution is 2.36. The summed E-state index contributed by atoms with van der Waals surface area (Å²) in [5.74, 6) is 0.0955. The Morgan fingerprint density at radius 1 is 1.04 bits per heavy atom. The van der Waals surface area contributed by atoms with Gasteiger partial charge >= 0.3 is 6.18 Å². The van der Waals surface area contributed by atoms with Crippen molar-refractivity contribution in [3.8, 4) is 11.3 Å². The summed E-state index contributed by atoms with van der Waals surface area (Å²) in [6.45, 7) is 0.315. The Balaban J connectivity index is 1.74. The summed E-state index contributed by atoms with van der Waals surface area (Å²) in [6.07, 6.45) is -3.24. The minimum absolute atomic E-state index is 0.315. The topological polar surface area (TPSA) is 63.8 Å². The van der Waals surface area contributed by atoms with Crippen molar-refractivity contribution in [2.75, 3.05) is 11.9 Å². The molecule has 2 aromatic carbocycles. The molecule has 1 aromatic heterocycles. The number of nitrogens with zero attached hydrogens (tertiary/aromatic N) is 2. The molecule has 4 nitrogen and oxygen atoms in total. The molecule has 1 atom stereocenters. The Morgan fingerprint density at radius 3 is 2.39 bits per heavy atom. The van der Waals surface area contributed by atoms with Crippen LogP contribution in [0.3, 0.4) is 0 Å². The van der Waals surface area contributed by atoms with Crippen molar-refractivity contribution < 1.29 is 17.6 Å². The fraction of sp³-hybridized carbons (Fsp3) is 0.158. The largest absolute Gasteiger partial charge is 0.417 e. The highest BCUT2D eigenvalue weighted by molar-refractivity contribution is 6.31. The maximum Gasteiger partial charge on any atom is 0.417 e. The first-order valence-electron chi connectivity index (χ1n) is 8.18. The van der Waals surface area contributed by atoms with Crippen LogP contribution in [-0.4, -0.2) is 16.5 Å². The highest BCUT2D eigenvalue weighted by Gasteiger charge is 2.33. The van der Waals surface area contributed by atoms with Crippen molar-refractivity contribution in [2.45, 2.75) is 12.2 Å². The molecule has 0 spiro atoms. The number of benzene rings is 2.